The molecule has 6 heteroatoms. The molecule has 0 saturated heterocycles. The monoisotopic (exact) mass is 244 g/mol. The summed E-state index contributed by atoms with van der Waals surface area (Å²) < 4.78 is 35.9. The number of halogens is 3. The van der Waals surface area contributed by atoms with Crippen LogP contribution in [0.1, 0.15) is 51.4 Å². The van der Waals surface area contributed by atoms with Crippen molar-refractivity contribution in [1.29, 1.82) is 0 Å². The van der Waals surface area contributed by atoms with Gasteiger partial charge in [-0.05, 0) is 17.4 Å². The summed E-state index contributed by atoms with van der Waals surface area (Å²) in [6.45, 7) is 0.125. The summed E-state index contributed by atoms with van der Waals surface area (Å²) in [5.41, 5.74) is 0. The van der Waals surface area contributed by atoms with Crippen LogP contribution in [0.2, 0.25) is 0 Å². The van der Waals surface area contributed by atoms with E-state index in [1.54, 1.807) is 0 Å². The Kier molecular flexibility index (Phi) is 9.66. The van der Waals surface area contributed by atoms with Crippen LogP contribution in [0.4, 0.5) is 13.3 Å². The lowest BCUT2D eigenvalue weighted by Crippen LogP contribution is -2.18. The van der Waals surface area contributed by atoms with Crippen LogP contribution in [0.3, 0.4) is 0 Å². The van der Waals surface area contributed by atoms with E-state index in [1.165, 1.54) is 0 Å². The third-order valence-corrected chi connectivity index (χ3v) is 2.32. The molecule has 0 spiro atoms. The first-order valence-electron chi connectivity index (χ1n) is 5.56. The first-order valence-corrected chi connectivity index (χ1v) is 5.56. The van der Waals surface area contributed by atoms with Crippen LogP contribution in [-0.4, -0.2) is 18.0 Å². The van der Waals surface area contributed by atoms with E-state index in [9.17, 15) is 13.3 Å². The Bertz CT molecular complexity index is 156. The molecule has 0 heterocycles. The van der Waals surface area contributed by atoms with Gasteiger partial charge >= 0.3 is 6.11 Å². The molecule has 0 aliphatic carbocycles. The minimum absolute atomic E-state index is 0.125. The standard InChI is InChI=1S/C10H19F3O3/c11-10(12,16-14)8-6-4-2-1-3-5-7-9-15-13/h14H,1-9H2. The Morgan fingerprint density at radius 3 is 1.88 bits per heavy atom. The fourth-order valence-electron chi connectivity index (χ4n) is 1.42. The molecule has 0 saturated carbocycles. The van der Waals surface area contributed by atoms with Gasteiger partial charge in [-0.15, -0.1) is 0 Å². The Balaban J connectivity index is 3.10. The summed E-state index contributed by atoms with van der Waals surface area (Å²) in [5.74, 6) is 0. The third-order valence-electron chi connectivity index (χ3n) is 2.32. The molecule has 0 aliphatic heterocycles. The Hall–Kier alpha value is -0.330. The summed E-state index contributed by atoms with van der Waals surface area (Å²) in [6, 6.07) is 0. The van der Waals surface area contributed by atoms with E-state index in [1.807, 2.05) is 0 Å². The second-order valence-electron chi connectivity index (χ2n) is 3.77. The van der Waals surface area contributed by atoms with Crippen LogP contribution in [0.15, 0.2) is 0 Å². The van der Waals surface area contributed by atoms with Gasteiger partial charge in [0.05, 0.1) is 6.61 Å². The van der Waals surface area contributed by atoms with Gasteiger partial charge in [-0.2, -0.15) is 18.6 Å². The van der Waals surface area contributed by atoms with Gasteiger partial charge < -0.3 is 0 Å². The van der Waals surface area contributed by atoms with Gasteiger partial charge in [0, 0.05) is 6.42 Å². The minimum Gasteiger partial charge on any atom is -0.246 e. The van der Waals surface area contributed by atoms with Gasteiger partial charge in [-0.3, -0.25) is 0 Å². The van der Waals surface area contributed by atoms with Crippen LogP contribution >= 0.6 is 0 Å². The van der Waals surface area contributed by atoms with E-state index in [0.717, 1.165) is 25.7 Å². The van der Waals surface area contributed by atoms with Gasteiger partial charge in [-0.25, -0.2) is 5.26 Å². The van der Waals surface area contributed by atoms with Crippen LogP contribution in [0, 0.1) is 0 Å². The zero-order valence-corrected chi connectivity index (χ0v) is 9.26. The number of hydrogen-bond acceptors (Lipinski definition) is 3. The Morgan fingerprint density at radius 2 is 1.38 bits per heavy atom. The highest BCUT2D eigenvalue weighted by molar-refractivity contribution is 4.52. The molecule has 0 unspecified atom stereocenters. The smallest absolute Gasteiger partial charge is 0.246 e. The maximum Gasteiger partial charge on any atom is 0.380 e. The average Bonchev–Trinajstić information content (AvgIpc) is 2.27. The van der Waals surface area contributed by atoms with Crippen molar-refractivity contribution in [3.63, 3.8) is 0 Å². The quantitative estimate of drug-likeness (QED) is 0.338. The summed E-state index contributed by atoms with van der Waals surface area (Å²) >= 11 is 0. The predicted octanol–water partition coefficient (Wildman–Crippen LogP) is 4.09. The first-order chi connectivity index (χ1) is 7.62. The van der Waals surface area contributed by atoms with E-state index in [2.05, 4.69) is 9.83 Å². The van der Waals surface area contributed by atoms with E-state index >= 15 is 0 Å². The van der Waals surface area contributed by atoms with Crippen molar-refractivity contribution in [3.8, 4) is 0 Å². The fourth-order valence-corrected chi connectivity index (χ4v) is 1.42. The topological polar surface area (TPSA) is 38.7 Å². The zero-order chi connectivity index (χ0) is 12.3. The van der Waals surface area contributed by atoms with Crippen LogP contribution in [0.5, 0.6) is 0 Å². The number of hydrogen-bond donors (Lipinski definition) is 1. The molecule has 1 N–H and O–H groups in total. The summed E-state index contributed by atoms with van der Waals surface area (Å²) in [6.07, 6.45) is 1.45. The van der Waals surface area contributed by atoms with Crippen LogP contribution in [-0.2, 0) is 9.83 Å². The molecule has 0 radical (unpaired) electrons. The molecule has 0 aliphatic rings. The molecule has 3 nitrogen and oxygen atoms in total. The highest BCUT2D eigenvalue weighted by atomic mass is 19.3. The molecule has 0 rings (SSSR count). The molecule has 0 amide bonds. The highest BCUT2D eigenvalue weighted by Crippen LogP contribution is 2.22. The first kappa shape index (κ1) is 15.7. The summed E-state index contributed by atoms with van der Waals surface area (Å²) in [4.78, 5) is 6.44. The minimum atomic E-state index is -3.42. The molecule has 0 bridgehead atoms. The lowest BCUT2D eigenvalue weighted by Gasteiger charge is -2.10. The molecule has 0 aromatic heterocycles. The molecule has 0 atom stereocenters. The van der Waals surface area contributed by atoms with Crippen molar-refractivity contribution in [3.05, 3.63) is 0 Å². The Morgan fingerprint density at radius 1 is 0.875 bits per heavy atom. The number of alkyl halides is 2. The van der Waals surface area contributed by atoms with E-state index < -0.39 is 12.5 Å². The SMILES string of the molecule is OOC(F)(F)CCCCCCCCCOF. The lowest BCUT2D eigenvalue weighted by atomic mass is 10.1. The fraction of sp³-hybridized carbons (Fsp3) is 1.00. The van der Waals surface area contributed by atoms with E-state index in [0.29, 0.717) is 19.3 Å². The summed E-state index contributed by atoms with van der Waals surface area (Å²) in [5, 5.41) is 7.82. The van der Waals surface area contributed by atoms with Crippen molar-refractivity contribution in [1.82, 2.24) is 0 Å². The van der Waals surface area contributed by atoms with E-state index in [4.69, 9.17) is 5.26 Å². The molecule has 0 fully saturated rings. The molecule has 0 aromatic rings. The second kappa shape index (κ2) is 9.86. The van der Waals surface area contributed by atoms with Gasteiger partial charge in [0.25, 0.3) is 0 Å². The molecular formula is C10H19F3O3. The number of rotatable bonds is 11. The summed E-state index contributed by atoms with van der Waals surface area (Å²) in [7, 11) is 0. The predicted molar refractivity (Wildman–Crippen MR) is 52.7 cm³/mol. The van der Waals surface area contributed by atoms with Gasteiger partial charge in [-0.1, -0.05) is 32.1 Å². The van der Waals surface area contributed by atoms with Crippen molar-refractivity contribution in [2.24, 2.45) is 0 Å². The molecule has 16 heavy (non-hydrogen) atoms. The molecular weight excluding hydrogens is 225 g/mol. The van der Waals surface area contributed by atoms with Crippen LogP contribution < -0.4 is 0 Å². The van der Waals surface area contributed by atoms with E-state index in [-0.39, 0.29) is 6.61 Å². The molecule has 0 aromatic carbocycles. The average molecular weight is 244 g/mol. The van der Waals surface area contributed by atoms with Gasteiger partial charge in [0.15, 0.2) is 0 Å². The lowest BCUT2D eigenvalue weighted by molar-refractivity contribution is -0.415. The van der Waals surface area contributed by atoms with Crippen molar-refractivity contribution in [2.75, 3.05) is 6.61 Å². The second-order valence-corrected chi connectivity index (χ2v) is 3.77. The van der Waals surface area contributed by atoms with Crippen molar-refractivity contribution in [2.45, 2.75) is 57.5 Å². The van der Waals surface area contributed by atoms with Crippen LogP contribution in [0.25, 0.3) is 0 Å². The van der Waals surface area contributed by atoms with Crippen molar-refractivity contribution >= 4 is 0 Å². The largest absolute Gasteiger partial charge is 0.380 e. The highest BCUT2D eigenvalue weighted by Gasteiger charge is 2.29. The van der Waals surface area contributed by atoms with Gasteiger partial charge in [0.2, 0.25) is 0 Å². The molecule has 98 valence electrons. The Labute approximate surface area is 93.4 Å². The normalized spacial score (nSPS) is 12.0. The maximum absolute atomic E-state index is 12.3. The third kappa shape index (κ3) is 10.2. The number of unbranched alkanes of at least 4 members (excludes halogenated alkanes) is 6. The zero-order valence-electron chi connectivity index (χ0n) is 9.26. The van der Waals surface area contributed by atoms with Crippen molar-refractivity contribution < 1.29 is 28.4 Å². The van der Waals surface area contributed by atoms with Gasteiger partial charge in [0.1, 0.15) is 0 Å². The maximum atomic E-state index is 12.3.